The number of halogens is 3. The zero-order valence-electron chi connectivity index (χ0n) is 10.8. The fourth-order valence-electron chi connectivity index (χ4n) is 1.60. The topological polar surface area (TPSA) is 34.9 Å². The number of thioether (sulfide) groups is 1. The van der Waals surface area contributed by atoms with Crippen LogP contribution in [-0.4, -0.2) is 9.55 Å². The van der Waals surface area contributed by atoms with Gasteiger partial charge >= 0.3 is 0 Å². The molecule has 0 unspecified atom stereocenters. The predicted octanol–water partition coefficient (Wildman–Crippen LogP) is 4.34. The molecule has 1 heterocycles. The Kier molecular flexibility index (Phi) is 5.02. The highest BCUT2D eigenvalue weighted by atomic mass is 35.5. The molecule has 1 aromatic carbocycles. The molecule has 3 nitrogen and oxygen atoms in total. The average Bonchev–Trinajstić information content (AvgIpc) is 2.39. The Hall–Kier alpha value is -0.680. The maximum Gasteiger partial charge on any atom is 0.254 e. The van der Waals surface area contributed by atoms with Gasteiger partial charge in [-0.1, -0.05) is 46.6 Å². The number of aromatic nitrogens is 2. The van der Waals surface area contributed by atoms with E-state index in [2.05, 4.69) is 4.98 Å². The molecule has 7 heteroatoms. The molecule has 2 rings (SSSR count). The van der Waals surface area contributed by atoms with Gasteiger partial charge in [-0.15, -0.1) is 0 Å². The summed E-state index contributed by atoms with van der Waals surface area (Å²) in [6.07, 6.45) is 0. The minimum absolute atomic E-state index is 0.0942. The molecule has 0 aliphatic rings. The molecule has 0 saturated carbocycles. The van der Waals surface area contributed by atoms with Crippen molar-refractivity contribution < 1.29 is 0 Å². The van der Waals surface area contributed by atoms with Crippen molar-refractivity contribution in [2.75, 3.05) is 0 Å². The van der Waals surface area contributed by atoms with Gasteiger partial charge in [0.25, 0.3) is 5.56 Å². The first-order chi connectivity index (χ1) is 9.40. The van der Waals surface area contributed by atoms with Crippen LogP contribution in [0.25, 0.3) is 0 Å². The summed E-state index contributed by atoms with van der Waals surface area (Å²) in [5.41, 5.74) is 1.32. The van der Waals surface area contributed by atoms with Crippen LogP contribution >= 0.6 is 46.6 Å². The van der Waals surface area contributed by atoms with E-state index in [1.54, 1.807) is 26.1 Å². The highest BCUT2D eigenvalue weighted by Crippen LogP contribution is 2.35. The Morgan fingerprint density at radius 1 is 1.25 bits per heavy atom. The Morgan fingerprint density at radius 2 is 1.90 bits per heavy atom. The summed E-state index contributed by atoms with van der Waals surface area (Å²) in [6, 6.07) is 4.85. The van der Waals surface area contributed by atoms with Crippen LogP contribution in [0.15, 0.2) is 28.2 Å². The van der Waals surface area contributed by atoms with Crippen LogP contribution in [0.1, 0.15) is 11.3 Å². The Bertz CT molecular complexity index is 715. The summed E-state index contributed by atoms with van der Waals surface area (Å²) in [4.78, 5) is 16.0. The summed E-state index contributed by atoms with van der Waals surface area (Å²) >= 11 is 19.6. The van der Waals surface area contributed by atoms with Gasteiger partial charge in [0.1, 0.15) is 0 Å². The van der Waals surface area contributed by atoms with Gasteiger partial charge in [-0.2, -0.15) is 0 Å². The lowest BCUT2D eigenvalue weighted by Crippen LogP contribution is -2.19. The van der Waals surface area contributed by atoms with E-state index in [1.807, 2.05) is 0 Å². The molecular weight excluding hydrogens is 339 g/mol. The molecule has 0 saturated heterocycles. The minimum atomic E-state index is -0.0942. The Morgan fingerprint density at radius 3 is 2.60 bits per heavy atom. The Labute approximate surface area is 135 Å². The lowest BCUT2D eigenvalue weighted by Gasteiger charge is -2.10. The van der Waals surface area contributed by atoms with E-state index in [-0.39, 0.29) is 5.56 Å². The van der Waals surface area contributed by atoms with E-state index in [1.165, 1.54) is 22.4 Å². The fourth-order valence-corrected chi connectivity index (χ4v) is 3.50. The third-order valence-electron chi connectivity index (χ3n) is 2.71. The molecule has 106 valence electrons. The predicted molar refractivity (Wildman–Crippen MR) is 85.2 cm³/mol. The number of rotatable bonds is 3. The summed E-state index contributed by atoms with van der Waals surface area (Å²) in [5, 5.41) is 2.05. The lowest BCUT2D eigenvalue weighted by molar-refractivity contribution is 0.698. The molecule has 2 aromatic rings. The van der Waals surface area contributed by atoms with Gasteiger partial charge in [0, 0.05) is 35.1 Å². The first-order valence-electron chi connectivity index (χ1n) is 5.70. The minimum Gasteiger partial charge on any atom is -0.291 e. The SMILES string of the molecule is Cc1cc(=O)n(C)c(SCc2c(Cl)ccc(Cl)c2Cl)n1. The summed E-state index contributed by atoms with van der Waals surface area (Å²) < 4.78 is 1.49. The van der Waals surface area contributed by atoms with E-state index < -0.39 is 0 Å². The van der Waals surface area contributed by atoms with Gasteiger partial charge in [0.15, 0.2) is 5.16 Å². The second-order valence-electron chi connectivity index (χ2n) is 4.19. The van der Waals surface area contributed by atoms with Crippen molar-refractivity contribution in [3.8, 4) is 0 Å². The largest absolute Gasteiger partial charge is 0.291 e. The van der Waals surface area contributed by atoms with Crippen molar-refractivity contribution in [2.24, 2.45) is 7.05 Å². The highest BCUT2D eigenvalue weighted by molar-refractivity contribution is 7.98. The second-order valence-corrected chi connectivity index (χ2v) is 6.32. The van der Waals surface area contributed by atoms with Gasteiger partial charge in [0.2, 0.25) is 0 Å². The average molecular weight is 350 g/mol. The van der Waals surface area contributed by atoms with E-state index >= 15 is 0 Å². The molecule has 0 radical (unpaired) electrons. The zero-order valence-corrected chi connectivity index (χ0v) is 13.9. The molecule has 1 aromatic heterocycles. The molecule has 20 heavy (non-hydrogen) atoms. The van der Waals surface area contributed by atoms with Crippen molar-refractivity contribution in [3.63, 3.8) is 0 Å². The van der Waals surface area contributed by atoms with Crippen LogP contribution in [0.5, 0.6) is 0 Å². The van der Waals surface area contributed by atoms with Crippen molar-refractivity contribution in [3.05, 3.63) is 54.9 Å². The lowest BCUT2D eigenvalue weighted by atomic mass is 10.2. The monoisotopic (exact) mass is 348 g/mol. The van der Waals surface area contributed by atoms with Crippen molar-refractivity contribution in [1.29, 1.82) is 0 Å². The molecule has 0 aliphatic heterocycles. The molecule has 0 atom stereocenters. The van der Waals surface area contributed by atoms with E-state index in [0.717, 1.165) is 5.56 Å². The van der Waals surface area contributed by atoms with Crippen LogP contribution in [0.3, 0.4) is 0 Å². The van der Waals surface area contributed by atoms with Gasteiger partial charge in [-0.3, -0.25) is 9.36 Å². The third-order valence-corrected chi connectivity index (χ3v) is 4.96. The third kappa shape index (κ3) is 3.31. The first kappa shape index (κ1) is 15.7. The molecule has 0 spiro atoms. The number of hydrogen-bond acceptors (Lipinski definition) is 3. The standard InChI is InChI=1S/C13H11Cl3N2OS/c1-7-5-11(19)18(2)13(17-7)20-6-8-9(14)3-4-10(15)12(8)16/h3-5H,6H2,1-2H3. The van der Waals surface area contributed by atoms with E-state index in [4.69, 9.17) is 34.8 Å². The van der Waals surface area contributed by atoms with Crippen LogP contribution in [0.2, 0.25) is 15.1 Å². The first-order valence-corrected chi connectivity index (χ1v) is 7.82. The number of benzene rings is 1. The van der Waals surface area contributed by atoms with Crippen molar-refractivity contribution in [2.45, 2.75) is 17.8 Å². The summed E-state index contributed by atoms with van der Waals surface area (Å²) in [6.45, 7) is 1.78. The van der Waals surface area contributed by atoms with Gasteiger partial charge < -0.3 is 0 Å². The molecule has 0 amide bonds. The van der Waals surface area contributed by atoms with Crippen LogP contribution in [-0.2, 0) is 12.8 Å². The molecular formula is C13H11Cl3N2OS. The summed E-state index contributed by atoms with van der Waals surface area (Å²) in [7, 11) is 1.68. The summed E-state index contributed by atoms with van der Waals surface area (Å²) in [5.74, 6) is 0.488. The number of nitrogens with zero attached hydrogens (tertiary/aromatic N) is 2. The quantitative estimate of drug-likeness (QED) is 0.469. The fraction of sp³-hybridized carbons (Fsp3) is 0.231. The Balaban J connectivity index is 2.30. The number of aryl methyl sites for hydroxylation is 1. The van der Waals surface area contributed by atoms with Gasteiger partial charge in [-0.05, 0) is 19.1 Å². The van der Waals surface area contributed by atoms with Gasteiger partial charge in [-0.25, -0.2) is 4.98 Å². The molecule has 0 fully saturated rings. The normalized spacial score (nSPS) is 10.8. The van der Waals surface area contributed by atoms with E-state index in [0.29, 0.717) is 31.7 Å². The molecule has 0 bridgehead atoms. The van der Waals surface area contributed by atoms with Crippen LogP contribution in [0.4, 0.5) is 0 Å². The molecule has 0 N–H and O–H groups in total. The molecule has 0 aliphatic carbocycles. The van der Waals surface area contributed by atoms with Crippen LogP contribution < -0.4 is 5.56 Å². The maximum atomic E-state index is 11.7. The highest BCUT2D eigenvalue weighted by Gasteiger charge is 2.12. The van der Waals surface area contributed by atoms with Gasteiger partial charge in [0.05, 0.1) is 10.0 Å². The van der Waals surface area contributed by atoms with Crippen molar-refractivity contribution in [1.82, 2.24) is 9.55 Å². The van der Waals surface area contributed by atoms with Crippen LogP contribution in [0, 0.1) is 6.92 Å². The zero-order chi connectivity index (χ0) is 14.9. The maximum absolute atomic E-state index is 11.7. The van der Waals surface area contributed by atoms with Crippen molar-refractivity contribution >= 4 is 46.6 Å². The smallest absolute Gasteiger partial charge is 0.254 e. The second kappa shape index (κ2) is 6.39. The number of hydrogen-bond donors (Lipinski definition) is 0. The van der Waals surface area contributed by atoms with E-state index in [9.17, 15) is 4.79 Å².